The number of nitrogens with zero attached hydrogens (tertiary/aromatic N) is 1. The lowest BCUT2D eigenvalue weighted by atomic mass is 9.87. The lowest BCUT2D eigenvalue weighted by Gasteiger charge is -2.44. The van der Waals surface area contributed by atoms with Gasteiger partial charge < -0.3 is 9.84 Å². The molecule has 1 heterocycles. The van der Waals surface area contributed by atoms with Crippen LogP contribution in [0.3, 0.4) is 0 Å². The lowest BCUT2D eigenvalue weighted by molar-refractivity contribution is -0.0918. The summed E-state index contributed by atoms with van der Waals surface area (Å²) in [6.45, 7) is 1.30. The third-order valence-electron chi connectivity index (χ3n) is 2.75. The molecule has 0 unspecified atom stereocenters. The van der Waals surface area contributed by atoms with Crippen LogP contribution in [0.25, 0.3) is 0 Å². The molecule has 0 aromatic heterocycles. The molecule has 0 radical (unpaired) electrons. The highest BCUT2D eigenvalue weighted by molar-refractivity contribution is 6.32. The molecule has 0 saturated carbocycles. The van der Waals surface area contributed by atoms with Crippen molar-refractivity contribution in [2.45, 2.75) is 5.60 Å². The van der Waals surface area contributed by atoms with Crippen molar-refractivity contribution in [2.24, 2.45) is 0 Å². The van der Waals surface area contributed by atoms with Crippen molar-refractivity contribution >= 4 is 11.6 Å². The Morgan fingerprint density at radius 2 is 2.13 bits per heavy atom. The molecule has 0 amide bonds. The first-order chi connectivity index (χ1) is 7.05. The highest BCUT2D eigenvalue weighted by atomic mass is 35.5. The van der Waals surface area contributed by atoms with Crippen molar-refractivity contribution in [3.8, 4) is 5.75 Å². The van der Waals surface area contributed by atoms with Gasteiger partial charge in [-0.05, 0) is 24.7 Å². The Bertz CT molecular complexity index is 375. The molecule has 0 aliphatic carbocycles. The monoisotopic (exact) mass is 227 g/mol. The van der Waals surface area contributed by atoms with Crippen LogP contribution < -0.4 is 4.74 Å². The summed E-state index contributed by atoms with van der Waals surface area (Å²) < 4.78 is 5.06. The van der Waals surface area contributed by atoms with Gasteiger partial charge in [0.2, 0.25) is 0 Å². The number of rotatable bonds is 2. The molecule has 4 heteroatoms. The first kappa shape index (κ1) is 10.7. The van der Waals surface area contributed by atoms with Gasteiger partial charge in [0, 0.05) is 13.1 Å². The smallest absolute Gasteiger partial charge is 0.137 e. The zero-order valence-electron chi connectivity index (χ0n) is 8.83. The number of benzene rings is 1. The molecule has 1 aromatic rings. The first-order valence-corrected chi connectivity index (χ1v) is 5.18. The van der Waals surface area contributed by atoms with Gasteiger partial charge in [0.1, 0.15) is 11.4 Å². The molecule has 1 fully saturated rings. The fraction of sp³-hybridized carbons (Fsp3) is 0.455. The van der Waals surface area contributed by atoms with Crippen molar-refractivity contribution in [3.05, 3.63) is 28.8 Å². The van der Waals surface area contributed by atoms with Gasteiger partial charge in [-0.3, -0.25) is 4.90 Å². The van der Waals surface area contributed by atoms with Crippen LogP contribution in [-0.2, 0) is 5.60 Å². The second-order valence-electron chi connectivity index (χ2n) is 4.05. The summed E-state index contributed by atoms with van der Waals surface area (Å²) in [4.78, 5) is 2.05. The molecule has 1 aliphatic rings. The minimum absolute atomic E-state index is 0.540. The predicted octanol–water partition coefficient (Wildman–Crippen LogP) is 1.48. The zero-order valence-corrected chi connectivity index (χ0v) is 9.58. The van der Waals surface area contributed by atoms with Crippen LogP contribution in [0.15, 0.2) is 18.2 Å². The third-order valence-corrected chi connectivity index (χ3v) is 3.05. The summed E-state index contributed by atoms with van der Waals surface area (Å²) in [5, 5.41) is 10.7. The summed E-state index contributed by atoms with van der Waals surface area (Å²) in [5.41, 5.74) is 0.108. The fourth-order valence-corrected chi connectivity index (χ4v) is 2.24. The Labute approximate surface area is 94.2 Å². The van der Waals surface area contributed by atoms with Crippen LogP contribution in [0.5, 0.6) is 5.75 Å². The van der Waals surface area contributed by atoms with E-state index < -0.39 is 5.60 Å². The number of β-amino-alcohol motifs (C(OH)–C–C–N with tert-alkyl or cyclic N) is 1. The number of hydrogen-bond donors (Lipinski definition) is 1. The third kappa shape index (κ3) is 1.83. The number of likely N-dealkylation sites (N-methyl/N-ethyl adjacent to an activating group) is 1. The molecule has 0 bridgehead atoms. The lowest BCUT2D eigenvalue weighted by Crippen LogP contribution is -2.57. The Morgan fingerprint density at radius 3 is 2.60 bits per heavy atom. The van der Waals surface area contributed by atoms with Crippen molar-refractivity contribution in [2.75, 3.05) is 27.2 Å². The molecule has 1 aliphatic heterocycles. The van der Waals surface area contributed by atoms with E-state index in [1.54, 1.807) is 19.2 Å². The Kier molecular flexibility index (Phi) is 2.63. The van der Waals surface area contributed by atoms with E-state index >= 15 is 0 Å². The summed E-state index contributed by atoms with van der Waals surface area (Å²) in [6.07, 6.45) is 0. The molecule has 2 rings (SSSR count). The van der Waals surface area contributed by atoms with E-state index in [-0.39, 0.29) is 0 Å². The molecule has 82 valence electrons. The standard InChI is InChI=1S/C11H14ClNO2/c1-13-6-11(14,7-13)8-3-4-10(15-2)9(12)5-8/h3-5,14H,6-7H2,1-2H3. The highest BCUT2D eigenvalue weighted by Gasteiger charge is 2.40. The van der Waals surface area contributed by atoms with Crippen LogP contribution in [0.2, 0.25) is 5.02 Å². The summed E-state index contributed by atoms with van der Waals surface area (Å²) >= 11 is 6.00. The number of likely N-dealkylation sites (tertiary alicyclic amines) is 1. The molecule has 3 nitrogen and oxygen atoms in total. The van der Waals surface area contributed by atoms with Crippen LogP contribution in [-0.4, -0.2) is 37.3 Å². The SMILES string of the molecule is COc1ccc(C2(O)CN(C)C2)cc1Cl. The molecule has 1 aromatic carbocycles. The van der Waals surface area contributed by atoms with Gasteiger partial charge in [-0.15, -0.1) is 0 Å². The average molecular weight is 228 g/mol. The van der Waals surface area contributed by atoms with Gasteiger partial charge in [-0.2, -0.15) is 0 Å². The Balaban J connectivity index is 2.27. The molecule has 1 N–H and O–H groups in total. The number of methoxy groups -OCH3 is 1. The Hall–Kier alpha value is -0.770. The number of hydrogen-bond acceptors (Lipinski definition) is 3. The fourth-order valence-electron chi connectivity index (χ4n) is 1.99. The Morgan fingerprint density at radius 1 is 1.47 bits per heavy atom. The topological polar surface area (TPSA) is 32.7 Å². The van der Waals surface area contributed by atoms with Gasteiger partial charge in [0.15, 0.2) is 0 Å². The van der Waals surface area contributed by atoms with E-state index in [0.29, 0.717) is 23.9 Å². The predicted molar refractivity (Wildman–Crippen MR) is 59.4 cm³/mol. The van der Waals surface area contributed by atoms with E-state index in [0.717, 1.165) is 5.56 Å². The van der Waals surface area contributed by atoms with Gasteiger partial charge in [0.25, 0.3) is 0 Å². The molecular formula is C11H14ClNO2. The van der Waals surface area contributed by atoms with Crippen LogP contribution >= 0.6 is 11.6 Å². The second-order valence-corrected chi connectivity index (χ2v) is 4.46. The summed E-state index contributed by atoms with van der Waals surface area (Å²) in [6, 6.07) is 5.42. The van der Waals surface area contributed by atoms with Gasteiger partial charge in [-0.1, -0.05) is 17.7 Å². The van der Waals surface area contributed by atoms with Crippen molar-refractivity contribution in [3.63, 3.8) is 0 Å². The second kappa shape index (κ2) is 3.67. The molecule has 15 heavy (non-hydrogen) atoms. The van der Waals surface area contributed by atoms with E-state index in [2.05, 4.69) is 4.90 Å². The molecule has 0 spiro atoms. The largest absolute Gasteiger partial charge is 0.495 e. The molecule has 1 saturated heterocycles. The minimum Gasteiger partial charge on any atom is -0.495 e. The maximum Gasteiger partial charge on any atom is 0.137 e. The maximum atomic E-state index is 10.2. The number of halogens is 1. The zero-order chi connectivity index (χ0) is 11.1. The minimum atomic E-state index is -0.745. The average Bonchev–Trinajstić information content (AvgIpc) is 2.15. The van der Waals surface area contributed by atoms with Gasteiger partial charge >= 0.3 is 0 Å². The normalized spacial score (nSPS) is 19.7. The van der Waals surface area contributed by atoms with Gasteiger partial charge in [-0.25, -0.2) is 0 Å². The first-order valence-electron chi connectivity index (χ1n) is 4.80. The summed E-state index contributed by atoms with van der Waals surface area (Å²) in [7, 11) is 3.55. The molecule has 0 atom stereocenters. The van der Waals surface area contributed by atoms with Crippen LogP contribution in [0.1, 0.15) is 5.56 Å². The van der Waals surface area contributed by atoms with Crippen molar-refractivity contribution < 1.29 is 9.84 Å². The van der Waals surface area contributed by atoms with Crippen LogP contribution in [0, 0.1) is 0 Å². The highest BCUT2D eigenvalue weighted by Crippen LogP contribution is 2.34. The van der Waals surface area contributed by atoms with E-state index in [1.165, 1.54) is 0 Å². The number of ether oxygens (including phenoxy) is 1. The van der Waals surface area contributed by atoms with Crippen LogP contribution in [0.4, 0.5) is 0 Å². The van der Waals surface area contributed by atoms with Crippen molar-refractivity contribution in [1.82, 2.24) is 4.90 Å². The van der Waals surface area contributed by atoms with E-state index in [9.17, 15) is 5.11 Å². The van der Waals surface area contributed by atoms with Crippen molar-refractivity contribution in [1.29, 1.82) is 0 Å². The quantitative estimate of drug-likeness (QED) is 0.831. The maximum absolute atomic E-state index is 10.2. The molecular weight excluding hydrogens is 214 g/mol. The van der Waals surface area contributed by atoms with E-state index in [1.807, 2.05) is 13.1 Å². The van der Waals surface area contributed by atoms with E-state index in [4.69, 9.17) is 16.3 Å². The van der Waals surface area contributed by atoms with Gasteiger partial charge in [0.05, 0.1) is 12.1 Å². The summed E-state index contributed by atoms with van der Waals surface area (Å²) in [5.74, 6) is 0.636. The number of aliphatic hydroxyl groups is 1.